The predicted octanol–water partition coefficient (Wildman–Crippen LogP) is 5.70. The Hall–Kier alpha value is -3.36. The first-order valence-corrected chi connectivity index (χ1v) is 14.4. The van der Waals surface area contributed by atoms with Crippen LogP contribution in [-0.2, 0) is 6.54 Å². The summed E-state index contributed by atoms with van der Waals surface area (Å²) in [5, 5.41) is 9.91. The van der Waals surface area contributed by atoms with Crippen LogP contribution >= 0.6 is 27.5 Å². The van der Waals surface area contributed by atoms with Gasteiger partial charge < -0.3 is 31.2 Å². The summed E-state index contributed by atoms with van der Waals surface area (Å²) in [5.74, 6) is 0.173. The van der Waals surface area contributed by atoms with E-state index in [1.54, 1.807) is 42.5 Å². The highest BCUT2D eigenvalue weighted by atomic mass is 79.9. The highest BCUT2D eigenvalue weighted by molar-refractivity contribution is 9.09. The fourth-order valence-corrected chi connectivity index (χ4v) is 3.71. The molecule has 15 heteroatoms. The van der Waals surface area contributed by atoms with Crippen LogP contribution in [0, 0.1) is 5.41 Å². The topological polar surface area (TPSA) is 136 Å². The monoisotopic (exact) mass is 673 g/mol. The molecule has 228 valence electrons. The number of rotatable bonds is 15. The minimum absolute atomic E-state index is 0.0306. The number of amides is 1. The third-order valence-corrected chi connectivity index (χ3v) is 6.50. The molecule has 1 heterocycles. The van der Waals surface area contributed by atoms with Gasteiger partial charge in [0.15, 0.2) is 6.61 Å². The molecule has 0 fully saturated rings. The third-order valence-electron chi connectivity index (χ3n) is 5.65. The number of benzene rings is 2. The fourth-order valence-electron chi connectivity index (χ4n) is 3.22. The molecule has 10 nitrogen and oxygen atoms in total. The SMILES string of the molecule is CC(C)(CN)CNC(=O)c1ccc(Nc2nc(NCc3ccc(OCCCBr)c(Cl)c3)nc(OCC(F)(F)F)n2)cc1. The van der Waals surface area contributed by atoms with Crippen LogP contribution in [0.1, 0.15) is 36.2 Å². The van der Waals surface area contributed by atoms with Crippen molar-refractivity contribution in [1.82, 2.24) is 20.3 Å². The number of carbonyl (C=O) groups excluding carboxylic acids is 1. The van der Waals surface area contributed by atoms with Gasteiger partial charge in [0.05, 0.1) is 11.6 Å². The van der Waals surface area contributed by atoms with Crippen LogP contribution < -0.4 is 31.2 Å². The Morgan fingerprint density at radius 2 is 1.76 bits per heavy atom. The molecule has 42 heavy (non-hydrogen) atoms. The first-order chi connectivity index (χ1) is 19.9. The van der Waals surface area contributed by atoms with Gasteiger partial charge in [0, 0.05) is 29.7 Å². The van der Waals surface area contributed by atoms with Crippen LogP contribution in [0.5, 0.6) is 11.8 Å². The molecule has 0 unspecified atom stereocenters. The molecule has 0 atom stereocenters. The number of nitrogens with two attached hydrogens (primary N) is 1. The Bertz CT molecular complexity index is 1330. The average molecular weight is 675 g/mol. The van der Waals surface area contributed by atoms with Crippen LogP contribution in [0.4, 0.5) is 30.8 Å². The van der Waals surface area contributed by atoms with Crippen molar-refractivity contribution in [3.05, 3.63) is 58.6 Å². The zero-order chi connectivity index (χ0) is 30.8. The number of nitrogens with one attached hydrogen (secondary N) is 3. The standard InChI is InChI=1S/C27H32BrClF3N7O3/c1-26(2,14-33)15-35-22(40)18-5-7-19(8-6-18)36-24-37-23(38-25(39-24)42-16-27(30,31)32)34-13-17-4-9-21(20(29)12-17)41-11-3-10-28/h4-9,12H,3,10-11,13-16,33H2,1-2H3,(H,35,40)(H2,34,36,37,38,39). The molecule has 1 amide bonds. The summed E-state index contributed by atoms with van der Waals surface area (Å²) in [6.45, 7) is 3.84. The van der Waals surface area contributed by atoms with E-state index in [1.165, 1.54) is 0 Å². The van der Waals surface area contributed by atoms with Crippen LogP contribution in [0.15, 0.2) is 42.5 Å². The first kappa shape index (κ1) is 33.1. The molecule has 0 aliphatic heterocycles. The zero-order valence-corrected chi connectivity index (χ0v) is 25.4. The normalized spacial score (nSPS) is 11.6. The summed E-state index contributed by atoms with van der Waals surface area (Å²) in [7, 11) is 0. The van der Waals surface area contributed by atoms with Crippen molar-refractivity contribution in [2.45, 2.75) is 33.0 Å². The number of carbonyl (C=O) groups is 1. The summed E-state index contributed by atoms with van der Waals surface area (Å²) >= 11 is 9.66. The summed E-state index contributed by atoms with van der Waals surface area (Å²) in [6, 6.07) is 11.1. The smallest absolute Gasteiger partial charge is 0.422 e. The lowest BCUT2D eigenvalue weighted by Crippen LogP contribution is -2.38. The van der Waals surface area contributed by atoms with Crippen molar-refractivity contribution < 1.29 is 27.4 Å². The number of ether oxygens (including phenoxy) is 2. The minimum atomic E-state index is -4.58. The second-order valence-electron chi connectivity index (χ2n) is 9.93. The van der Waals surface area contributed by atoms with Gasteiger partial charge in [-0.15, -0.1) is 0 Å². The lowest BCUT2D eigenvalue weighted by molar-refractivity contribution is -0.154. The quantitative estimate of drug-likeness (QED) is 0.118. The van der Waals surface area contributed by atoms with E-state index in [1.807, 2.05) is 13.8 Å². The van der Waals surface area contributed by atoms with Crippen molar-refractivity contribution in [3.8, 4) is 11.8 Å². The van der Waals surface area contributed by atoms with Gasteiger partial charge in [0.2, 0.25) is 11.9 Å². The van der Waals surface area contributed by atoms with Crippen molar-refractivity contribution >= 4 is 51.0 Å². The van der Waals surface area contributed by atoms with E-state index in [-0.39, 0.29) is 29.8 Å². The summed E-state index contributed by atoms with van der Waals surface area (Å²) < 4.78 is 48.7. The third kappa shape index (κ3) is 11.1. The van der Waals surface area contributed by atoms with Gasteiger partial charge in [-0.1, -0.05) is 47.4 Å². The highest BCUT2D eigenvalue weighted by Gasteiger charge is 2.29. The van der Waals surface area contributed by atoms with Crippen molar-refractivity contribution in [3.63, 3.8) is 0 Å². The van der Waals surface area contributed by atoms with Gasteiger partial charge in [-0.3, -0.25) is 4.79 Å². The predicted molar refractivity (Wildman–Crippen MR) is 159 cm³/mol. The molecule has 3 rings (SSSR count). The molecule has 0 aliphatic carbocycles. The van der Waals surface area contributed by atoms with Crippen molar-refractivity contribution in [2.24, 2.45) is 11.1 Å². The number of hydrogen-bond acceptors (Lipinski definition) is 9. The average Bonchev–Trinajstić information content (AvgIpc) is 2.95. The van der Waals surface area contributed by atoms with Crippen LogP contribution in [0.25, 0.3) is 0 Å². The highest BCUT2D eigenvalue weighted by Crippen LogP contribution is 2.26. The summed E-state index contributed by atoms with van der Waals surface area (Å²) in [4.78, 5) is 24.6. The Kier molecular flexibility index (Phi) is 12.0. The van der Waals surface area contributed by atoms with Gasteiger partial charge in [-0.05, 0) is 60.3 Å². The zero-order valence-electron chi connectivity index (χ0n) is 23.0. The maximum atomic E-state index is 12.8. The Morgan fingerprint density at radius 3 is 2.40 bits per heavy atom. The number of aromatic nitrogens is 3. The van der Waals surface area contributed by atoms with Gasteiger partial charge in [0.25, 0.3) is 5.91 Å². The number of anilines is 3. The molecular weight excluding hydrogens is 643 g/mol. The van der Waals surface area contributed by atoms with Crippen LogP contribution in [-0.4, -0.2) is 58.7 Å². The lowest BCUT2D eigenvalue weighted by Gasteiger charge is -2.22. The van der Waals surface area contributed by atoms with Crippen molar-refractivity contribution in [2.75, 3.05) is 42.3 Å². The van der Waals surface area contributed by atoms with Crippen molar-refractivity contribution in [1.29, 1.82) is 0 Å². The maximum Gasteiger partial charge on any atom is 0.422 e. The van der Waals surface area contributed by atoms with E-state index >= 15 is 0 Å². The molecule has 0 radical (unpaired) electrons. The minimum Gasteiger partial charge on any atom is -0.492 e. The molecule has 1 aromatic heterocycles. The number of nitrogens with zero attached hydrogens (tertiary/aromatic N) is 3. The van der Waals surface area contributed by atoms with E-state index < -0.39 is 18.8 Å². The van der Waals surface area contributed by atoms with E-state index in [0.717, 1.165) is 17.3 Å². The number of halogens is 5. The molecule has 0 bridgehead atoms. The lowest BCUT2D eigenvalue weighted by atomic mass is 9.94. The van der Waals surface area contributed by atoms with Gasteiger partial charge in [-0.2, -0.15) is 28.1 Å². The molecule has 5 N–H and O–H groups in total. The Balaban J connectivity index is 1.71. The fraction of sp³-hybridized carbons (Fsp3) is 0.407. The Labute approximate surface area is 255 Å². The molecule has 0 saturated heterocycles. The first-order valence-electron chi connectivity index (χ1n) is 12.9. The van der Waals surface area contributed by atoms with E-state index in [2.05, 4.69) is 46.8 Å². The molecule has 3 aromatic rings. The summed E-state index contributed by atoms with van der Waals surface area (Å²) in [5.41, 5.74) is 7.11. The summed E-state index contributed by atoms with van der Waals surface area (Å²) in [6.07, 6.45) is -3.76. The van der Waals surface area contributed by atoms with Crippen LogP contribution in [0.3, 0.4) is 0 Å². The van der Waals surface area contributed by atoms with E-state index in [9.17, 15) is 18.0 Å². The molecular formula is C27H32BrClF3N7O3. The van der Waals surface area contributed by atoms with E-state index in [0.29, 0.717) is 41.7 Å². The number of hydrogen-bond donors (Lipinski definition) is 4. The maximum absolute atomic E-state index is 12.8. The molecule has 2 aromatic carbocycles. The van der Waals surface area contributed by atoms with Gasteiger partial charge in [-0.25, -0.2) is 0 Å². The van der Waals surface area contributed by atoms with Gasteiger partial charge >= 0.3 is 12.2 Å². The molecule has 0 aliphatic rings. The van der Waals surface area contributed by atoms with Gasteiger partial charge in [0.1, 0.15) is 5.75 Å². The Morgan fingerprint density at radius 1 is 1.05 bits per heavy atom. The largest absolute Gasteiger partial charge is 0.492 e. The molecule has 0 saturated carbocycles. The molecule has 0 spiro atoms. The second-order valence-corrected chi connectivity index (χ2v) is 11.1. The second kappa shape index (κ2) is 15.2. The van der Waals surface area contributed by atoms with Crippen LogP contribution in [0.2, 0.25) is 5.02 Å². The number of alkyl halides is 4. The van der Waals surface area contributed by atoms with E-state index in [4.69, 9.17) is 26.8 Å².